The average molecular weight is 596 g/mol. The van der Waals surface area contributed by atoms with Gasteiger partial charge in [-0.2, -0.15) is 0 Å². The van der Waals surface area contributed by atoms with E-state index in [1.165, 1.54) is 16.3 Å². The van der Waals surface area contributed by atoms with Crippen molar-refractivity contribution in [2.75, 3.05) is 20.2 Å². The van der Waals surface area contributed by atoms with Gasteiger partial charge in [0.1, 0.15) is 18.3 Å². The first-order chi connectivity index (χ1) is 19.4. The lowest BCUT2D eigenvalue weighted by Gasteiger charge is -2.59. The number of aliphatic hydroxyl groups is 1. The van der Waals surface area contributed by atoms with E-state index in [9.17, 15) is 5.11 Å². The number of nitrogens with zero attached hydrogens (tertiary/aromatic N) is 3. The molecule has 0 saturated carbocycles. The zero-order valence-corrected chi connectivity index (χ0v) is 24.2. The quantitative estimate of drug-likeness (QED) is 0.0986. The van der Waals surface area contributed by atoms with Gasteiger partial charge in [0.2, 0.25) is 0 Å². The number of rotatable bonds is 6. The van der Waals surface area contributed by atoms with Crippen LogP contribution in [0.3, 0.4) is 0 Å². The van der Waals surface area contributed by atoms with Gasteiger partial charge in [0.25, 0.3) is 0 Å². The van der Waals surface area contributed by atoms with Gasteiger partial charge in [0.05, 0.1) is 36.7 Å². The van der Waals surface area contributed by atoms with Crippen molar-refractivity contribution < 1.29 is 14.3 Å². The van der Waals surface area contributed by atoms with Crippen molar-refractivity contribution in [1.29, 1.82) is 0 Å². The van der Waals surface area contributed by atoms with Gasteiger partial charge in [0, 0.05) is 52.2 Å². The minimum atomic E-state index is -1.26. The van der Waals surface area contributed by atoms with Gasteiger partial charge in [-0.15, -0.1) is 6.58 Å². The van der Waals surface area contributed by atoms with Crippen LogP contribution in [0.25, 0.3) is 32.7 Å². The second kappa shape index (κ2) is 9.65. The molecule has 5 heterocycles. The topological polar surface area (TPSA) is 55.2 Å². The molecular weight excluding hydrogens is 562 g/mol. The summed E-state index contributed by atoms with van der Waals surface area (Å²) in [6.45, 7) is 6.99. The van der Waals surface area contributed by atoms with Crippen molar-refractivity contribution in [1.82, 2.24) is 9.97 Å². The van der Waals surface area contributed by atoms with Gasteiger partial charge in [-0.1, -0.05) is 42.5 Å². The van der Waals surface area contributed by atoms with Crippen LogP contribution in [-0.4, -0.2) is 45.8 Å². The van der Waals surface area contributed by atoms with Crippen molar-refractivity contribution in [2.45, 2.75) is 29.9 Å². The van der Waals surface area contributed by atoms with Crippen LogP contribution < -0.4 is 4.74 Å². The summed E-state index contributed by atoms with van der Waals surface area (Å²) in [6, 6.07) is 24.7. The minimum absolute atomic E-state index is 0.0649. The lowest BCUT2D eigenvalue weighted by atomic mass is 9.71. The summed E-state index contributed by atoms with van der Waals surface area (Å²) < 4.78 is 5.07. The molecule has 5 aromatic rings. The Kier molecular flexibility index (Phi) is 6.19. The van der Waals surface area contributed by atoms with E-state index in [-0.39, 0.29) is 6.04 Å². The first kappa shape index (κ1) is 25.6. The number of fused-ring (bicyclic) bond motifs is 6. The molecule has 2 aromatic heterocycles. The van der Waals surface area contributed by atoms with Crippen molar-refractivity contribution in [3.63, 3.8) is 0 Å². The van der Waals surface area contributed by atoms with Crippen molar-refractivity contribution in [2.24, 2.45) is 11.8 Å². The Morgan fingerprint density at radius 3 is 2.45 bits per heavy atom. The molecule has 3 aliphatic heterocycles. The van der Waals surface area contributed by atoms with Gasteiger partial charge >= 0.3 is 0 Å². The fraction of sp³-hybridized carbons (Fsp3) is 0.294. The van der Waals surface area contributed by atoms with Gasteiger partial charge in [-0.3, -0.25) is 4.98 Å². The van der Waals surface area contributed by atoms with Crippen LogP contribution in [-0.2, 0) is 11.1 Å². The molecule has 1 N–H and O–H groups in total. The number of piperidine rings is 3. The van der Waals surface area contributed by atoms with Gasteiger partial charge in [-0.05, 0) is 58.2 Å². The number of hydrogen-bond acceptors (Lipinski definition) is 4. The molecule has 202 valence electrons. The molecule has 3 fully saturated rings. The Balaban J connectivity index is 1.42. The standard InChI is InChI=1S/C34H33BrN3O2/c1-3-22-20-38(21-28-25-8-4-6-10-31(25)37-32-11-7-5-9-26(28)32)17-15-23(22)18-33(38)34(35,39)29-14-16-36-30-13-12-24(40-2)19-27(29)30/h3-14,16,19,22-23,33,39H,1,15,17-18,20-21H2,2H3/q+1/t22-,23-,33-,34-,38-/m0/s1. The number of quaternary nitrogens is 1. The molecule has 0 amide bonds. The Morgan fingerprint density at radius 1 is 1.02 bits per heavy atom. The maximum Gasteiger partial charge on any atom is 0.198 e. The molecule has 3 aliphatic rings. The number of aromatic nitrogens is 2. The highest BCUT2D eigenvalue weighted by Crippen LogP contribution is 2.53. The first-order valence-electron chi connectivity index (χ1n) is 14.0. The van der Waals surface area contributed by atoms with Crippen LogP contribution in [0.15, 0.2) is 91.6 Å². The number of halogens is 1. The molecule has 3 saturated heterocycles. The summed E-state index contributed by atoms with van der Waals surface area (Å²) in [5.74, 6) is 1.67. The first-order valence-corrected chi connectivity index (χ1v) is 14.8. The predicted octanol–water partition coefficient (Wildman–Crippen LogP) is 7.10. The highest BCUT2D eigenvalue weighted by atomic mass is 79.9. The maximum absolute atomic E-state index is 12.6. The zero-order valence-electron chi connectivity index (χ0n) is 22.6. The minimum Gasteiger partial charge on any atom is -0.497 e. The lowest BCUT2D eigenvalue weighted by molar-refractivity contribution is -0.985. The van der Waals surface area contributed by atoms with Crippen LogP contribution in [0.2, 0.25) is 0 Å². The van der Waals surface area contributed by atoms with E-state index in [0.29, 0.717) is 11.8 Å². The Bertz CT molecular complexity index is 1720. The molecule has 5 nitrogen and oxygen atoms in total. The number of pyridine rings is 2. The van der Waals surface area contributed by atoms with Crippen LogP contribution in [0.5, 0.6) is 5.75 Å². The number of ether oxygens (including phenoxy) is 1. The lowest BCUT2D eigenvalue weighted by Crippen LogP contribution is -2.70. The summed E-state index contributed by atoms with van der Waals surface area (Å²) in [5.41, 5.74) is 5.01. The van der Waals surface area contributed by atoms with Crippen molar-refractivity contribution >= 4 is 48.6 Å². The SMILES string of the molecule is C=C[C@H]1C[N@+]2(Cc3c4ccccc4nc4ccccc34)CC[C@H]1C[C@H]2[C@](O)(Br)c1ccnc2ccc(OC)cc12. The van der Waals surface area contributed by atoms with Gasteiger partial charge in [-0.25, -0.2) is 4.98 Å². The number of methoxy groups -OCH3 is 1. The number of hydrogen-bond donors (Lipinski definition) is 1. The smallest absolute Gasteiger partial charge is 0.198 e. The monoisotopic (exact) mass is 594 g/mol. The highest BCUT2D eigenvalue weighted by Gasteiger charge is 2.59. The zero-order chi connectivity index (χ0) is 27.5. The number of benzene rings is 3. The third-order valence-electron chi connectivity index (χ3n) is 9.56. The fourth-order valence-corrected chi connectivity index (χ4v) is 8.54. The third kappa shape index (κ3) is 3.96. The van der Waals surface area contributed by atoms with E-state index < -0.39 is 4.51 Å². The molecule has 3 aromatic carbocycles. The maximum atomic E-state index is 12.6. The number of para-hydroxylation sites is 2. The third-order valence-corrected chi connectivity index (χ3v) is 10.5. The highest BCUT2D eigenvalue weighted by molar-refractivity contribution is 9.09. The molecule has 40 heavy (non-hydrogen) atoms. The predicted molar refractivity (Wildman–Crippen MR) is 164 cm³/mol. The Morgan fingerprint density at radius 2 is 1.75 bits per heavy atom. The van der Waals surface area contributed by atoms with Crippen molar-refractivity contribution in [3.8, 4) is 5.75 Å². The molecule has 0 radical (unpaired) electrons. The van der Waals surface area contributed by atoms with Crippen LogP contribution >= 0.6 is 15.9 Å². The van der Waals surface area contributed by atoms with Crippen LogP contribution in [0, 0.1) is 11.8 Å². The summed E-state index contributed by atoms with van der Waals surface area (Å²) in [4.78, 5) is 9.58. The van der Waals surface area contributed by atoms with E-state index in [1.54, 1.807) is 13.3 Å². The molecule has 8 rings (SSSR count). The van der Waals surface area contributed by atoms with E-state index in [0.717, 1.165) is 70.2 Å². The summed E-state index contributed by atoms with van der Waals surface area (Å²) in [5, 5.41) is 15.9. The second-order valence-corrected chi connectivity index (χ2v) is 12.7. The Labute approximate surface area is 242 Å². The van der Waals surface area contributed by atoms with Gasteiger partial charge in [0.15, 0.2) is 4.51 Å². The van der Waals surface area contributed by atoms with E-state index in [4.69, 9.17) is 9.72 Å². The largest absolute Gasteiger partial charge is 0.497 e. The van der Waals surface area contributed by atoms with E-state index in [2.05, 4.69) is 82.1 Å². The summed E-state index contributed by atoms with van der Waals surface area (Å²) in [7, 11) is 1.67. The van der Waals surface area contributed by atoms with E-state index in [1.807, 2.05) is 24.3 Å². The average Bonchev–Trinajstić information content (AvgIpc) is 3.00. The van der Waals surface area contributed by atoms with Gasteiger partial charge < -0.3 is 14.3 Å². The van der Waals surface area contributed by atoms with Crippen molar-refractivity contribution in [3.05, 3.63) is 103 Å². The summed E-state index contributed by atoms with van der Waals surface area (Å²) in [6.07, 6.45) is 5.98. The van der Waals surface area contributed by atoms with Crippen LogP contribution in [0.1, 0.15) is 24.0 Å². The molecule has 6 heteroatoms. The van der Waals surface area contributed by atoms with E-state index >= 15 is 0 Å². The molecule has 2 bridgehead atoms. The number of alkyl halides is 1. The second-order valence-electron chi connectivity index (χ2n) is 11.5. The Hall–Kier alpha value is -3.32. The molecule has 5 atom stereocenters. The fourth-order valence-electron chi connectivity index (χ4n) is 7.57. The van der Waals surface area contributed by atoms with Crippen LogP contribution in [0.4, 0.5) is 0 Å². The molecule has 0 unspecified atom stereocenters. The molecule has 0 aliphatic carbocycles. The normalized spacial score (nSPS) is 25.7. The summed E-state index contributed by atoms with van der Waals surface area (Å²) >= 11 is 3.94. The molecular formula is C34H33BrN3O2+. The molecule has 0 spiro atoms.